The second-order valence-electron chi connectivity index (χ2n) is 3.48. The Bertz CT molecular complexity index is 365. The van der Waals surface area contributed by atoms with Crippen molar-refractivity contribution in [2.24, 2.45) is 0 Å². The van der Waals surface area contributed by atoms with Crippen LogP contribution in [0.15, 0.2) is 35.9 Å². The van der Waals surface area contributed by atoms with E-state index in [4.69, 9.17) is 0 Å². The van der Waals surface area contributed by atoms with Gasteiger partial charge in [-0.1, -0.05) is 30.3 Å². The summed E-state index contributed by atoms with van der Waals surface area (Å²) in [6, 6.07) is 9.95. The van der Waals surface area contributed by atoms with Crippen LogP contribution in [0.5, 0.6) is 0 Å². The van der Waals surface area contributed by atoms with E-state index in [9.17, 15) is 4.79 Å². The monoisotopic (exact) mass is 203 g/mol. The topological polar surface area (TPSA) is 29.1 Å². The van der Waals surface area contributed by atoms with E-state index >= 15 is 0 Å². The molecule has 0 saturated carbocycles. The maximum absolute atomic E-state index is 11.6. The molecule has 1 amide bonds. The standard InChI is InChI=1S/C13H17NO/c1-4-14-13(15)11(3)10(2)12-8-6-5-7-9-12/h5-9H,4H2,1-3H3,(H,14,15)/b11-10-. The number of rotatable bonds is 3. The van der Waals surface area contributed by atoms with Crippen molar-refractivity contribution in [2.75, 3.05) is 6.54 Å². The summed E-state index contributed by atoms with van der Waals surface area (Å²) in [7, 11) is 0. The smallest absolute Gasteiger partial charge is 0.247 e. The third kappa shape index (κ3) is 2.94. The first kappa shape index (κ1) is 11.5. The highest BCUT2D eigenvalue weighted by Crippen LogP contribution is 2.17. The van der Waals surface area contributed by atoms with E-state index in [1.54, 1.807) is 0 Å². The predicted octanol–water partition coefficient (Wildman–Crippen LogP) is 2.62. The largest absolute Gasteiger partial charge is 0.353 e. The lowest BCUT2D eigenvalue weighted by molar-refractivity contribution is -0.117. The summed E-state index contributed by atoms with van der Waals surface area (Å²) in [5.41, 5.74) is 2.91. The Kier molecular flexibility index (Phi) is 4.10. The number of carbonyl (C=O) groups is 1. The summed E-state index contributed by atoms with van der Waals surface area (Å²) in [6.07, 6.45) is 0. The molecule has 1 rings (SSSR count). The molecule has 0 saturated heterocycles. The molecule has 0 aromatic heterocycles. The summed E-state index contributed by atoms with van der Waals surface area (Å²) in [5, 5.41) is 2.80. The first-order valence-electron chi connectivity index (χ1n) is 5.18. The number of amides is 1. The molecule has 15 heavy (non-hydrogen) atoms. The minimum atomic E-state index is 0.0128. The molecule has 0 atom stereocenters. The van der Waals surface area contributed by atoms with Crippen LogP contribution in [0, 0.1) is 0 Å². The van der Waals surface area contributed by atoms with Crippen LogP contribution in [0.1, 0.15) is 26.3 Å². The quantitative estimate of drug-likeness (QED) is 0.752. The van der Waals surface area contributed by atoms with Crippen molar-refractivity contribution in [3.8, 4) is 0 Å². The lowest BCUT2D eigenvalue weighted by Crippen LogP contribution is -2.23. The molecule has 0 aliphatic carbocycles. The number of nitrogens with one attached hydrogen (secondary N) is 1. The van der Waals surface area contributed by atoms with Gasteiger partial charge in [-0.05, 0) is 31.9 Å². The van der Waals surface area contributed by atoms with Gasteiger partial charge >= 0.3 is 0 Å². The zero-order valence-corrected chi connectivity index (χ0v) is 9.50. The lowest BCUT2D eigenvalue weighted by Gasteiger charge is -2.07. The summed E-state index contributed by atoms with van der Waals surface area (Å²) in [5.74, 6) is 0.0128. The number of allylic oxidation sites excluding steroid dienone is 1. The zero-order chi connectivity index (χ0) is 11.3. The normalized spacial score (nSPS) is 11.9. The Morgan fingerprint density at radius 1 is 1.20 bits per heavy atom. The molecule has 2 nitrogen and oxygen atoms in total. The second kappa shape index (κ2) is 5.35. The second-order valence-corrected chi connectivity index (χ2v) is 3.48. The molecule has 1 N–H and O–H groups in total. The van der Waals surface area contributed by atoms with E-state index in [0.717, 1.165) is 16.7 Å². The van der Waals surface area contributed by atoms with Crippen LogP contribution in [0.2, 0.25) is 0 Å². The van der Waals surface area contributed by atoms with E-state index in [0.29, 0.717) is 6.54 Å². The Labute approximate surface area is 91.0 Å². The van der Waals surface area contributed by atoms with Crippen LogP contribution in [0.25, 0.3) is 5.57 Å². The highest BCUT2D eigenvalue weighted by Gasteiger charge is 2.07. The van der Waals surface area contributed by atoms with Crippen molar-refractivity contribution in [1.82, 2.24) is 5.32 Å². The van der Waals surface area contributed by atoms with Crippen LogP contribution in [-0.4, -0.2) is 12.5 Å². The van der Waals surface area contributed by atoms with Crippen molar-refractivity contribution in [3.05, 3.63) is 41.5 Å². The molecule has 0 fully saturated rings. The summed E-state index contributed by atoms with van der Waals surface area (Å²) in [4.78, 5) is 11.6. The Hall–Kier alpha value is -1.57. The van der Waals surface area contributed by atoms with Gasteiger partial charge in [-0.25, -0.2) is 0 Å². The van der Waals surface area contributed by atoms with Gasteiger partial charge in [0, 0.05) is 12.1 Å². The number of carbonyl (C=O) groups excluding carboxylic acids is 1. The molecule has 80 valence electrons. The van der Waals surface area contributed by atoms with Crippen LogP contribution in [-0.2, 0) is 4.79 Å². The Balaban J connectivity index is 2.95. The SMILES string of the molecule is CCNC(=O)/C(C)=C(/C)c1ccccc1. The van der Waals surface area contributed by atoms with Crippen molar-refractivity contribution in [2.45, 2.75) is 20.8 Å². The van der Waals surface area contributed by atoms with E-state index in [1.807, 2.05) is 51.1 Å². The molecular weight excluding hydrogens is 186 g/mol. The number of likely N-dealkylation sites (N-methyl/N-ethyl adjacent to an activating group) is 1. The fraction of sp³-hybridized carbons (Fsp3) is 0.308. The third-order valence-electron chi connectivity index (χ3n) is 2.45. The van der Waals surface area contributed by atoms with E-state index < -0.39 is 0 Å². The van der Waals surface area contributed by atoms with Gasteiger partial charge in [-0.2, -0.15) is 0 Å². The minimum Gasteiger partial charge on any atom is -0.353 e. The molecule has 0 radical (unpaired) electrons. The highest BCUT2D eigenvalue weighted by molar-refractivity contribution is 6.00. The summed E-state index contributed by atoms with van der Waals surface area (Å²) >= 11 is 0. The van der Waals surface area contributed by atoms with Gasteiger partial charge in [-0.15, -0.1) is 0 Å². The minimum absolute atomic E-state index is 0.0128. The molecule has 0 aliphatic rings. The predicted molar refractivity (Wildman–Crippen MR) is 63.4 cm³/mol. The van der Waals surface area contributed by atoms with Gasteiger partial charge in [0.05, 0.1) is 0 Å². The van der Waals surface area contributed by atoms with Crippen LogP contribution >= 0.6 is 0 Å². The average Bonchev–Trinajstić information content (AvgIpc) is 2.28. The van der Waals surface area contributed by atoms with Gasteiger partial charge in [-0.3, -0.25) is 4.79 Å². The van der Waals surface area contributed by atoms with Gasteiger partial charge in [0.2, 0.25) is 5.91 Å². The Morgan fingerprint density at radius 2 is 1.80 bits per heavy atom. The maximum atomic E-state index is 11.6. The fourth-order valence-electron chi connectivity index (χ4n) is 1.37. The lowest BCUT2D eigenvalue weighted by atomic mass is 10.0. The van der Waals surface area contributed by atoms with Crippen molar-refractivity contribution in [1.29, 1.82) is 0 Å². The van der Waals surface area contributed by atoms with Crippen LogP contribution in [0.3, 0.4) is 0 Å². The molecule has 0 aliphatic heterocycles. The van der Waals surface area contributed by atoms with Crippen LogP contribution < -0.4 is 5.32 Å². The number of hydrogen-bond donors (Lipinski definition) is 1. The van der Waals surface area contributed by atoms with Crippen molar-refractivity contribution < 1.29 is 4.79 Å². The van der Waals surface area contributed by atoms with E-state index in [-0.39, 0.29) is 5.91 Å². The van der Waals surface area contributed by atoms with Gasteiger partial charge in [0.25, 0.3) is 0 Å². The first-order valence-corrected chi connectivity index (χ1v) is 5.18. The highest BCUT2D eigenvalue weighted by atomic mass is 16.1. The van der Waals surface area contributed by atoms with Crippen LogP contribution in [0.4, 0.5) is 0 Å². The maximum Gasteiger partial charge on any atom is 0.247 e. The molecule has 0 spiro atoms. The average molecular weight is 203 g/mol. The molecule has 1 aromatic rings. The zero-order valence-electron chi connectivity index (χ0n) is 9.50. The molecule has 0 unspecified atom stereocenters. The molecular formula is C13H17NO. The molecule has 0 heterocycles. The molecule has 2 heteroatoms. The number of hydrogen-bond acceptors (Lipinski definition) is 1. The molecule has 1 aromatic carbocycles. The first-order chi connectivity index (χ1) is 7.16. The van der Waals surface area contributed by atoms with Gasteiger partial charge in [0.1, 0.15) is 0 Å². The van der Waals surface area contributed by atoms with Gasteiger partial charge in [0.15, 0.2) is 0 Å². The van der Waals surface area contributed by atoms with Gasteiger partial charge < -0.3 is 5.32 Å². The number of benzene rings is 1. The van der Waals surface area contributed by atoms with E-state index in [2.05, 4.69) is 5.32 Å². The fourth-order valence-corrected chi connectivity index (χ4v) is 1.37. The van der Waals surface area contributed by atoms with Crippen molar-refractivity contribution in [3.63, 3.8) is 0 Å². The van der Waals surface area contributed by atoms with E-state index in [1.165, 1.54) is 0 Å². The summed E-state index contributed by atoms with van der Waals surface area (Å²) < 4.78 is 0. The Morgan fingerprint density at radius 3 is 2.33 bits per heavy atom. The third-order valence-corrected chi connectivity index (χ3v) is 2.45. The molecule has 0 bridgehead atoms. The van der Waals surface area contributed by atoms with Crippen molar-refractivity contribution >= 4 is 11.5 Å². The summed E-state index contributed by atoms with van der Waals surface area (Å²) in [6.45, 7) is 6.41.